The summed E-state index contributed by atoms with van der Waals surface area (Å²) in [5.41, 5.74) is 0.258. The number of benzene rings is 3. The van der Waals surface area contributed by atoms with Gasteiger partial charge in [0.1, 0.15) is 18.5 Å². The SMILES string of the molecule is COc1cc([C@@H](C(=O)NC2CCCCC2)N(C(=O)[C@@H]2COc3ccccc3O2)c2ccccc2F)cc(OC)c1OC. The molecule has 0 saturated heterocycles. The van der Waals surface area contributed by atoms with E-state index in [9.17, 15) is 9.59 Å². The standard InChI is InChI=1S/C32H35FN2O7/c1-38-26-17-20(18-27(39-2)30(26)40-3)29(31(36)34-21-11-5-4-6-12-21)35(23-14-8-7-13-22(23)33)32(37)28-19-41-24-15-9-10-16-25(24)42-28/h7-10,13-18,21,28-29H,4-6,11-12,19H2,1-3H3,(H,34,36)/t28-,29-/m0/s1. The van der Waals surface area contributed by atoms with Crippen molar-refractivity contribution in [3.63, 3.8) is 0 Å². The van der Waals surface area contributed by atoms with Crippen LogP contribution in [-0.4, -0.2) is 51.9 Å². The van der Waals surface area contributed by atoms with E-state index in [-0.39, 0.29) is 29.8 Å². The first kappa shape index (κ1) is 29.0. The molecule has 9 nitrogen and oxygen atoms in total. The van der Waals surface area contributed by atoms with Crippen LogP contribution >= 0.6 is 0 Å². The van der Waals surface area contributed by atoms with E-state index in [1.807, 2.05) is 0 Å². The van der Waals surface area contributed by atoms with Crippen molar-refractivity contribution < 1.29 is 37.7 Å². The molecule has 0 aromatic heterocycles. The van der Waals surface area contributed by atoms with Crippen molar-refractivity contribution in [3.8, 4) is 28.7 Å². The Labute approximate surface area is 244 Å². The van der Waals surface area contributed by atoms with Crippen LogP contribution in [0, 0.1) is 5.82 Å². The predicted molar refractivity (Wildman–Crippen MR) is 154 cm³/mol. The van der Waals surface area contributed by atoms with Crippen molar-refractivity contribution in [2.45, 2.75) is 50.3 Å². The lowest BCUT2D eigenvalue weighted by Crippen LogP contribution is -2.53. The normalized spacial score (nSPS) is 17.1. The molecule has 0 unspecified atom stereocenters. The molecule has 1 N–H and O–H groups in total. The zero-order valence-electron chi connectivity index (χ0n) is 23.9. The van der Waals surface area contributed by atoms with Crippen molar-refractivity contribution in [1.29, 1.82) is 0 Å². The van der Waals surface area contributed by atoms with Crippen LogP contribution in [0.4, 0.5) is 10.1 Å². The van der Waals surface area contributed by atoms with Crippen molar-refractivity contribution in [3.05, 3.63) is 72.0 Å². The van der Waals surface area contributed by atoms with Gasteiger partial charge in [0.15, 0.2) is 23.0 Å². The van der Waals surface area contributed by atoms with Gasteiger partial charge in [-0.15, -0.1) is 0 Å². The molecule has 3 aromatic rings. The maximum Gasteiger partial charge on any atom is 0.272 e. The number of hydrogen-bond donors (Lipinski definition) is 1. The van der Waals surface area contributed by atoms with Gasteiger partial charge in [-0.25, -0.2) is 4.39 Å². The Kier molecular flexibility index (Phi) is 9.00. The highest BCUT2D eigenvalue weighted by molar-refractivity contribution is 6.04. The van der Waals surface area contributed by atoms with Crippen molar-refractivity contribution >= 4 is 17.5 Å². The third kappa shape index (κ3) is 5.93. The highest BCUT2D eigenvalue weighted by Gasteiger charge is 2.41. The van der Waals surface area contributed by atoms with Gasteiger partial charge in [0.2, 0.25) is 17.8 Å². The number of carbonyl (C=O) groups is 2. The summed E-state index contributed by atoms with van der Waals surface area (Å²) in [6.45, 7) is -0.118. The summed E-state index contributed by atoms with van der Waals surface area (Å²) >= 11 is 0. The number of nitrogens with one attached hydrogen (secondary N) is 1. The van der Waals surface area contributed by atoms with E-state index in [2.05, 4.69) is 5.32 Å². The second-order valence-corrected chi connectivity index (χ2v) is 10.2. The lowest BCUT2D eigenvalue weighted by molar-refractivity contribution is -0.132. The molecule has 1 fully saturated rings. The van der Waals surface area contributed by atoms with Gasteiger partial charge >= 0.3 is 0 Å². The maximum atomic E-state index is 15.5. The average Bonchev–Trinajstić information content (AvgIpc) is 3.03. The number of fused-ring (bicyclic) bond motifs is 1. The van der Waals surface area contributed by atoms with Gasteiger partial charge in [-0.1, -0.05) is 43.5 Å². The fourth-order valence-corrected chi connectivity index (χ4v) is 5.53. The van der Waals surface area contributed by atoms with Crippen LogP contribution in [0.15, 0.2) is 60.7 Å². The quantitative estimate of drug-likeness (QED) is 0.372. The molecule has 3 aromatic carbocycles. The zero-order valence-corrected chi connectivity index (χ0v) is 23.9. The molecule has 1 aliphatic heterocycles. The largest absolute Gasteiger partial charge is 0.493 e. The predicted octanol–water partition coefficient (Wildman–Crippen LogP) is 5.21. The number of hydrogen-bond acceptors (Lipinski definition) is 7. The number of methoxy groups -OCH3 is 3. The lowest BCUT2D eigenvalue weighted by Gasteiger charge is -2.36. The van der Waals surface area contributed by atoms with Gasteiger partial charge in [-0.05, 0) is 54.8 Å². The molecule has 222 valence electrons. The van der Waals surface area contributed by atoms with E-state index in [0.717, 1.165) is 37.0 Å². The first-order chi connectivity index (χ1) is 20.4. The molecule has 0 bridgehead atoms. The lowest BCUT2D eigenvalue weighted by atomic mass is 9.94. The fourth-order valence-electron chi connectivity index (χ4n) is 5.53. The molecule has 2 amide bonds. The van der Waals surface area contributed by atoms with Crippen molar-refractivity contribution in [1.82, 2.24) is 5.32 Å². The molecule has 10 heteroatoms. The van der Waals surface area contributed by atoms with Crippen LogP contribution in [0.2, 0.25) is 0 Å². The van der Waals surface area contributed by atoms with E-state index in [1.165, 1.54) is 39.5 Å². The molecule has 0 spiro atoms. The highest BCUT2D eigenvalue weighted by atomic mass is 19.1. The molecule has 42 heavy (non-hydrogen) atoms. The van der Waals surface area contributed by atoms with E-state index in [4.69, 9.17) is 23.7 Å². The molecule has 1 saturated carbocycles. The summed E-state index contributed by atoms with van der Waals surface area (Å²) in [5, 5.41) is 3.12. The molecular weight excluding hydrogens is 543 g/mol. The molecule has 1 heterocycles. The highest BCUT2D eigenvalue weighted by Crippen LogP contribution is 2.42. The first-order valence-electron chi connectivity index (χ1n) is 14.0. The summed E-state index contributed by atoms with van der Waals surface area (Å²) in [6, 6.07) is 14.6. The van der Waals surface area contributed by atoms with Crippen molar-refractivity contribution in [2.75, 3.05) is 32.8 Å². The van der Waals surface area contributed by atoms with Crippen LogP contribution in [0.1, 0.15) is 43.7 Å². The van der Waals surface area contributed by atoms with Gasteiger partial charge in [0.25, 0.3) is 5.91 Å². The second-order valence-electron chi connectivity index (χ2n) is 10.2. The van der Waals surface area contributed by atoms with E-state index < -0.39 is 29.8 Å². The third-order valence-corrected chi connectivity index (χ3v) is 7.59. The summed E-state index contributed by atoms with van der Waals surface area (Å²) in [7, 11) is 4.39. The van der Waals surface area contributed by atoms with Gasteiger partial charge in [-0.3, -0.25) is 14.5 Å². The average molecular weight is 579 g/mol. The number of nitrogens with zero attached hydrogens (tertiary/aromatic N) is 1. The zero-order chi connectivity index (χ0) is 29.6. The Morgan fingerprint density at radius 3 is 2.19 bits per heavy atom. The fraction of sp³-hybridized carbons (Fsp3) is 0.375. The van der Waals surface area contributed by atoms with Crippen LogP contribution in [0.3, 0.4) is 0 Å². The third-order valence-electron chi connectivity index (χ3n) is 7.59. The van der Waals surface area contributed by atoms with Gasteiger partial charge in [0.05, 0.1) is 27.0 Å². The number of carbonyl (C=O) groups excluding carboxylic acids is 2. The second kappa shape index (κ2) is 13.0. The molecule has 2 aliphatic rings. The van der Waals surface area contributed by atoms with Gasteiger partial charge in [0, 0.05) is 6.04 Å². The summed E-state index contributed by atoms with van der Waals surface area (Å²) < 4.78 is 44.0. The minimum Gasteiger partial charge on any atom is -0.493 e. The topological polar surface area (TPSA) is 95.6 Å². The minimum absolute atomic E-state index is 0.0745. The summed E-state index contributed by atoms with van der Waals surface area (Å²) in [6.07, 6.45) is 3.56. The minimum atomic E-state index is -1.31. The molecule has 1 aliphatic carbocycles. The van der Waals surface area contributed by atoms with Crippen LogP contribution < -0.4 is 33.9 Å². The Morgan fingerprint density at radius 2 is 1.55 bits per heavy atom. The Hall–Kier alpha value is -4.47. The van der Waals surface area contributed by atoms with Crippen LogP contribution in [-0.2, 0) is 9.59 Å². The van der Waals surface area contributed by atoms with Crippen molar-refractivity contribution in [2.24, 2.45) is 0 Å². The molecule has 2 atom stereocenters. The van der Waals surface area contributed by atoms with Gasteiger partial charge in [-0.2, -0.15) is 0 Å². The summed E-state index contributed by atoms with van der Waals surface area (Å²) in [4.78, 5) is 29.8. The number of amides is 2. The Morgan fingerprint density at radius 1 is 0.905 bits per heavy atom. The smallest absolute Gasteiger partial charge is 0.272 e. The molecule has 0 radical (unpaired) electrons. The number of rotatable bonds is 9. The molecule has 5 rings (SSSR count). The number of para-hydroxylation sites is 3. The Balaban J connectivity index is 1.64. The molecular formula is C32H35FN2O7. The summed E-state index contributed by atoms with van der Waals surface area (Å²) in [5.74, 6) is -0.0202. The van der Waals surface area contributed by atoms with E-state index >= 15 is 4.39 Å². The maximum absolute atomic E-state index is 15.5. The Bertz CT molecular complexity index is 1400. The monoisotopic (exact) mass is 578 g/mol. The van der Waals surface area contributed by atoms with E-state index in [1.54, 1.807) is 42.5 Å². The first-order valence-corrected chi connectivity index (χ1v) is 14.0. The van der Waals surface area contributed by atoms with Crippen LogP contribution in [0.25, 0.3) is 0 Å². The number of ether oxygens (including phenoxy) is 5. The number of halogens is 1. The van der Waals surface area contributed by atoms with Gasteiger partial charge < -0.3 is 29.0 Å². The number of anilines is 1. The van der Waals surface area contributed by atoms with E-state index in [0.29, 0.717) is 22.8 Å². The van der Waals surface area contributed by atoms with Crippen LogP contribution in [0.5, 0.6) is 28.7 Å².